The lowest BCUT2D eigenvalue weighted by Crippen LogP contribution is -2.11. The second-order valence-electron chi connectivity index (χ2n) is 6.62. The largest absolute Gasteiger partial charge is 0.481 e. The van der Waals surface area contributed by atoms with Gasteiger partial charge in [0.2, 0.25) is 15.9 Å². The van der Waals surface area contributed by atoms with Crippen molar-refractivity contribution in [3.63, 3.8) is 0 Å². The smallest absolute Gasteiger partial charge is 0.229 e. The van der Waals surface area contributed by atoms with Gasteiger partial charge < -0.3 is 4.74 Å². The Balaban J connectivity index is 2.08. The lowest BCUT2D eigenvalue weighted by atomic mass is 10.00. The second kappa shape index (κ2) is 8.93. The van der Waals surface area contributed by atoms with Gasteiger partial charge in [-0.3, -0.25) is 14.7 Å². The van der Waals surface area contributed by atoms with Gasteiger partial charge in [0, 0.05) is 35.8 Å². The van der Waals surface area contributed by atoms with E-state index in [1.165, 1.54) is 0 Å². The van der Waals surface area contributed by atoms with Crippen molar-refractivity contribution in [2.75, 3.05) is 18.1 Å². The predicted octanol–water partition coefficient (Wildman–Crippen LogP) is 3.19. The van der Waals surface area contributed by atoms with Crippen molar-refractivity contribution < 1.29 is 13.2 Å². The Labute approximate surface area is 176 Å². The monoisotopic (exact) mass is 422 g/mol. The topological polar surface area (TPSA) is 94.1 Å². The van der Waals surface area contributed by atoms with E-state index in [4.69, 9.17) is 4.74 Å². The zero-order valence-electron chi connectivity index (χ0n) is 17.2. The Morgan fingerprint density at radius 1 is 1.10 bits per heavy atom. The zero-order chi connectivity index (χ0) is 21.7. The molecule has 0 fully saturated rings. The predicted molar refractivity (Wildman–Crippen MR) is 117 cm³/mol. The van der Waals surface area contributed by atoms with Crippen LogP contribution in [0.4, 0.5) is 5.69 Å². The van der Waals surface area contributed by atoms with Crippen molar-refractivity contribution in [2.24, 2.45) is 0 Å². The minimum absolute atomic E-state index is 0.408. The molecule has 0 spiro atoms. The molecule has 0 atom stereocenters. The molecule has 0 saturated heterocycles. The van der Waals surface area contributed by atoms with Gasteiger partial charge in [-0.2, -0.15) is 0 Å². The van der Waals surface area contributed by atoms with Crippen LogP contribution in [0.1, 0.15) is 29.3 Å². The third-order valence-corrected chi connectivity index (χ3v) is 4.94. The van der Waals surface area contributed by atoms with E-state index in [0.717, 1.165) is 35.1 Å². The summed E-state index contributed by atoms with van der Waals surface area (Å²) in [4.78, 5) is 12.9. The summed E-state index contributed by atoms with van der Waals surface area (Å²) in [6.45, 7) is 3.79. The molecular formula is C22H22N4O3S. The first-order valence-corrected chi connectivity index (χ1v) is 11.1. The number of sulfonamides is 1. The van der Waals surface area contributed by atoms with E-state index in [1.54, 1.807) is 38.7 Å². The third-order valence-electron chi connectivity index (χ3n) is 4.35. The number of nitrogens with one attached hydrogen (secondary N) is 1. The van der Waals surface area contributed by atoms with Crippen molar-refractivity contribution >= 4 is 15.7 Å². The standard InChI is InChI=1S/C22H22N4O3S/c1-5-17-8-11-24-22(18-9-10-23-21(13-18)29-3)19(17)7-6-16-12-20(15(2)25-14-16)26-30(4,27)28/h8-14,26H,5H2,1-4H3. The van der Waals surface area contributed by atoms with E-state index in [1.807, 2.05) is 18.2 Å². The van der Waals surface area contributed by atoms with Crippen LogP contribution in [0, 0.1) is 18.8 Å². The number of rotatable bonds is 5. The Morgan fingerprint density at radius 2 is 1.87 bits per heavy atom. The van der Waals surface area contributed by atoms with E-state index in [9.17, 15) is 8.42 Å². The second-order valence-corrected chi connectivity index (χ2v) is 8.36. The fourth-order valence-electron chi connectivity index (χ4n) is 2.86. The molecule has 1 N–H and O–H groups in total. The maximum atomic E-state index is 11.6. The van der Waals surface area contributed by atoms with Crippen LogP contribution in [-0.4, -0.2) is 36.7 Å². The number of pyridine rings is 3. The van der Waals surface area contributed by atoms with E-state index in [2.05, 4.69) is 38.4 Å². The van der Waals surface area contributed by atoms with Crippen molar-refractivity contribution in [1.29, 1.82) is 0 Å². The zero-order valence-corrected chi connectivity index (χ0v) is 18.0. The van der Waals surface area contributed by atoms with Gasteiger partial charge in [-0.1, -0.05) is 18.8 Å². The quantitative estimate of drug-likeness (QED) is 0.635. The number of anilines is 1. The number of methoxy groups -OCH3 is 1. The molecule has 0 unspecified atom stereocenters. The minimum Gasteiger partial charge on any atom is -0.481 e. The Hall–Kier alpha value is -3.44. The lowest BCUT2D eigenvalue weighted by molar-refractivity contribution is 0.398. The molecule has 8 heteroatoms. The molecule has 0 aliphatic heterocycles. The third kappa shape index (κ3) is 5.13. The summed E-state index contributed by atoms with van der Waals surface area (Å²) < 4.78 is 30.9. The Kier molecular flexibility index (Phi) is 6.33. The number of aryl methyl sites for hydroxylation is 2. The molecule has 3 aromatic heterocycles. The average molecular weight is 423 g/mol. The molecule has 0 amide bonds. The molecule has 0 radical (unpaired) electrons. The molecule has 30 heavy (non-hydrogen) atoms. The van der Waals surface area contributed by atoms with Crippen molar-refractivity contribution in [3.8, 4) is 29.0 Å². The van der Waals surface area contributed by atoms with Crippen molar-refractivity contribution in [3.05, 3.63) is 65.2 Å². The van der Waals surface area contributed by atoms with Crippen LogP contribution >= 0.6 is 0 Å². The molecule has 3 aromatic rings. The Bertz CT molecular complexity index is 1240. The van der Waals surface area contributed by atoms with Crippen LogP contribution < -0.4 is 9.46 Å². The molecule has 0 bridgehead atoms. The van der Waals surface area contributed by atoms with Gasteiger partial charge in [-0.05, 0) is 37.1 Å². The first-order chi connectivity index (χ1) is 14.3. The molecule has 3 heterocycles. The van der Waals surface area contributed by atoms with Crippen molar-refractivity contribution in [2.45, 2.75) is 20.3 Å². The highest BCUT2D eigenvalue weighted by Gasteiger charge is 2.11. The van der Waals surface area contributed by atoms with Gasteiger partial charge in [-0.25, -0.2) is 13.4 Å². The van der Waals surface area contributed by atoms with Crippen LogP contribution in [0.25, 0.3) is 11.3 Å². The van der Waals surface area contributed by atoms with E-state index in [-0.39, 0.29) is 0 Å². The van der Waals surface area contributed by atoms with Crippen molar-refractivity contribution in [1.82, 2.24) is 15.0 Å². The maximum Gasteiger partial charge on any atom is 0.229 e. The normalized spacial score (nSPS) is 10.8. The highest BCUT2D eigenvalue weighted by Crippen LogP contribution is 2.26. The summed E-state index contributed by atoms with van der Waals surface area (Å²) in [5.74, 6) is 6.79. The fourth-order valence-corrected chi connectivity index (χ4v) is 3.47. The van der Waals surface area contributed by atoms with Crippen LogP contribution in [0.2, 0.25) is 0 Å². The van der Waals surface area contributed by atoms with Crippen LogP contribution in [-0.2, 0) is 16.4 Å². The molecule has 3 rings (SSSR count). The SMILES string of the molecule is CCc1ccnc(-c2ccnc(OC)c2)c1C#Cc1cnc(C)c(NS(C)(=O)=O)c1. The molecule has 0 aromatic carbocycles. The average Bonchev–Trinajstić information content (AvgIpc) is 2.73. The summed E-state index contributed by atoms with van der Waals surface area (Å²) in [6.07, 6.45) is 6.93. The molecule has 0 saturated carbocycles. The molecule has 0 aliphatic carbocycles. The highest BCUT2D eigenvalue weighted by molar-refractivity contribution is 7.92. The molecule has 7 nitrogen and oxygen atoms in total. The van der Waals surface area contributed by atoms with Gasteiger partial charge in [0.1, 0.15) is 0 Å². The van der Waals surface area contributed by atoms with E-state index < -0.39 is 10.0 Å². The summed E-state index contributed by atoms with van der Waals surface area (Å²) in [7, 11) is -1.84. The van der Waals surface area contributed by atoms with E-state index in [0.29, 0.717) is 22.8 Å². The van der Waals surface area contributed by atoms with Gasteiger partial charge in [0.25, 0.3) is 0 Å². The number of ether oxygens (including phenoxy) is 1. The summed E-state index contributed by atoms with van der Waals surface area (Å²) >= 11 is 0. The summed E-state index contributed by atoms with van der Waals surface area (Å²) in [5.41, 5.74) is 5.01. The first-order valence-electron chi connectivity index (χ1n) is 9.25. The number of hydrogen-bond donors (Lipinski definition) is 1. The number of nitrogens with zero attached hydrogens (tertiary/aromatic N) is 3. The molecule has 154 valence electrons. The number of aromatic nitrogens is 3. The maximum absolute atomic E-state index is 11.6. The molecule has 0 aliphatic rings. The Morgan fingerprint density at radius 3 is 2.57 bits per heavy atom. The lowest BCUT2D eigenvalue weighted by Gasteiger charge is -2.09. The highest BCUT2D eigenvalue weighted by atomic mass is 32.2. The minimum atomic E-state index is -3.41. The van der Waals surface area contributed by atoms with Gasteiger partial charge >= 0.3 is 0 Å². The van der Waals surface area contributed by atoms with Gasteiger partial charge in [0.05, 0.1) is 36.0 Å². The van der Waals surface area contributed by atoms with Crippen LogP contribution in [0.3, 0.4) is 0 Å². The summed E-state index contributed by atoms with van der Waals surface area (Å²) in [5, 5.41) is 0. The summed E-state index contributed by atoms with van der Waals surface area (Å²) in [6, 6.07) is 7.29. The fraction of sp³-hybridized carbons (Fsp3) is 0.227. The number of hydrogen-bond acceptors (Lipinski definition) is 6. The van der Waals surface area contributed by atoms with Gasteiger partial charge in [0.15, 0.2) is 0 Å². The van der Waals surface area contributed by atoms with Crippen LogP contribution in [0.5, 0.6) is 5.88 Å². The van der Waals surface area contributed by atoms with Crippen LogP contribution in [0.15, 0.2) is 42.9 Å². The first kappa shape index (κ1) is 21.3. The van der Waals surface area contributed by atoms with Gasteiger partial charge in [-0.15, -0.1) is 0 Å². The van der Waals surface area contributed by atoms with E-state index >= 15 is 0 Å². The molecular weight excluding hydrogens is 400 g/mol.